The van der Waals surface area contributed by atoms with Crippen LogP contribution >= 0.6 is 43.5 Å². The van der Waals surface area contributed by atoms with E-state index in [1.54, 1.807) is 0 Å². The van der Waals surface area contributed by atoms with Crippen molar-refractivity contribution in [1.82, 2.24) is 0 Å². The summed E-state index contributed by atoms with van der Waals surface area (Å²) in [5, 5.41) is 0. The highest BCUT2D eigenvalue weighted by Gasteiger charge is 2.12. The molecule has 0 saturated heterocycles. The zero-order valence-electron chi connectivity index (χ0n) is 7.99. The predicted octanol–water partition coefficient (Wildman–Crippen LogP) is 4.66. The van der Waals surface area contributed by atoms with Crippen LogP contribution in [0.5, 0.6) is 0 Å². The second kappa shape index (κ2) is 7.08. The van der Waals surface area contributed by atoms with Crippen molar-refractivity contribution < 1.29 is 0 Å². The van der Waals surface area contributed by atoms with Crippen LogP contribution in [0.3, 0.4) is 0 Å². The van der Waals surface area contributed by atoms with Crippen molar-refractivity contribution >= 4 is 43.5 Å². The lowest BCUT2D eigenvalue weighted by molar-refractivity contribution is 0.853. The van der Waals surface area contributed by atoms with Gasteiger partial charge in [-0.2, -0.15) is 0 Å². The molecule has 0 heterocycles. The number of hydrogen-bond acceptors (Lipinski definition) is 0. The molecule has 3 heteroatoms. The van der Waals surface area contributed by atoms with Crippen molar-refractivity contribution in [3.63, 3.8) is 0 Å². The molecule has 76 valence electrons. The molecule has 0 aliphatic heterocycles. The van der Waals surface area contributed by atoms with Gasteiger partial charge in [0.1, 0.15) is 0 Å². The Morgan fingerprint density at radius 3 is 2.31 bits per heavy atom. The standard InChI is InChI=1S/C10H15Br2Cl/c1-7(2)9(11)6-10(12)8(3)4-5-13/h4,9-10H,1,5-6H2,2-3H3/b8-4+. The van der Waals surface area contributed by atoms with Crippen molar-refractivity contribution in [2.45, 2.75) is 29.9 Å². The summed E-state index contributed by atoms with van der Waals surface area (Å²) < 4.78 is 0. The molecule has 0 aromatic rings. The van der Waals surface area contributed by atoms with E-state index in [0.29, 0.717) is 15.5 Å². The third kappa shape index (κ3) is 5.92. The minimum Gasteiger partial charge on any atom is -0.122 e. The molecule has 0 aromatic carbocycles. The lowest BCUT2D eigenvalue weighted by Gasteiger charge is -2.15. The molecule has 0 amide bonds. The molecule has 0 bridgehead atoms. The number of hydrogen-bond donors (Lipinski definition) is 0. The Labute approximate surface area is 103 Å². The highest BCUT2D eigenvalue weighted by Crippen LogP contribution is 2.24. The van der Waals surface area contributed by atoms with Crippen LogP contribution in [-0.2, 0) is 0 Å². The molecule has 0 spiro atoms. The zero-order valence-corrected chi connectivity index (χ0v) is 11.9. The van der Waals surface area contributed by atoms with Crippen molar-refractivity contribution in [3.05, 3.63) is 23.8 Å². The number of rotatable bonds is 5. The van der Waals surface area contributed by atoms with Crippen LogP contribution in [0.4, 0.5) is 0 Å². The monoisotopic (exact) mass is 328 g/mol. The van der Waals surface area contributed by atoms with Gasteiger partial charge in [0.25, 0.3) is 0 Å². The van der Waals surface area contributed by atoms with Gasteiger partial charge in [0, 0.05) is 15.5 Å². The smallest absolute Gasteiger partial charge is 0.0407 e. The fourth-order valence-electron chi connectivity index (χ4n) is 0.818. The van der Waals surface area contributed by atoms with Gasteiger partial charge in [0.2, 0.25) is 0 Å². The van der Waals surface area contributed by atoms with Crippen molar-refractivity contribution in [2.24, 2.45) is 0 Å². The zero-order chi connectivity index (χ0) is 10.4. The third-order valence-corrected chi connectivity index (χ3v) is 4.25. The molecular formula is C10H15Br2Cl. The molecule has 0 fully saturated rings. The maximum absolute atomic E-state index is 5.61. The minimum atomic E-state index is 0.371. The lowest BCUT2D eigenvalue weighted by Crippen LogP contribution is -2.09. The molecule has 0 saturated carbocycles. The summed E-state index contributed by atoms with van der Waals surface area (Å²) >= 11 is 12.8. The van der Waals surface area contributed by atoms with Crippen molar-refractivity contribution in [1.29, 1.82) is 0 Å². The van der Waals surface area contributed by atoms with E-state index in [0.717, 1.165) is 12.0 Å². The maximum Gasteiger partial charge on any atom is 0.0407 e. The predicted molar refractivity (Wildman–Crippen MR) is 69.3 cm³/mol. The first-order chi connectivity index (χ1) is 5.99. The Bertz CT molecular complexity index is 199. The van der Waals surface area contributed by atoms with Crippen LogP contribution in [0.2, 0.25) is 0 Å². The van der Waals surface area contributed by atoms with E-state index in [2.05, 4.69) is 45.4 Å². The number of halogens is 3. The maximum atomic E-state index is 5.61. The molecule has 2 unspecified atom stereocenters. The molecule has 0 radical (unpaired) electrons. The Balaban J connectivity index is 4.06. The number of allylic oxidation sites excluding steroid dienone is 3. The van der Waals surface area contributed by atoms with Crippen molar-refractivity contribution in [2.75, 3.05) is 5.88 Å². The van der Waals surface area contributed by atoms with Gasteiger partial charge in [-0.15, -0.1) is 11.6 Å². The van der Waals surface area contributed by atoms with E-state index in [4.69, 9.17) is 11.6 Å². The molecule has 0 nitrogen and oxygen atoms in total. The molecule has 0 aliphatic rings. The van der Waals surface area contributed by atoms with E-state index >= 15 is 0 Å². The van der Waals surface area contributed by atoms with Gasteiger partial charge in [-0.1, -0.05) is 55.7 Å². The fraction of sp³-hybridized carbons (Fsp3) is 0.600. The highest BCUT2D eigenvalue weighted by atomic mass is 79.9. The van der Waals surface area contributed by atoms with E-state index in [1.807, 2.05) is 13.0 Å². The first-order valence-corrected chi connectivity index (χ1v) is 6.51. The molecule has 13 heavy (non-hydrogen) atoms. The normalized spacial score (nSPS) is 16.8. The molecular weight excluding hydrogens is 315 g/mol. The summed E-state index contributed by atoms with van der Waals surface area (Å²) in [7, 11) is 0. The van der Waals surface area contributed by atoms with Gasteiger partial charge < -0.3 is 0 Å². The second-order valence-corrected chi connectivity index (χ2v) is 5.64. The summed E-state index contributed by atoms with van der Waals surface area (Å²) in [6, 6.07) is 0. The van der Waals surface area contributed by atoms with Gasteiger partial charge in [0.15, 0.2) is 0 Å². The van der Waals surface area contributed by atoms with Crippen molar-refractivity contribution in [3.8, 4) is 0 Å². The second-order valence-electron chi connectivity index (χ2n) is 3.12. The fourth-order valence-corrected chi connectivity index (χ4v) is 2.50. The average Bonchev–Trinajstić information content (AvgIpc) is 2.04. The Morgan fingerprint density at radius 2 is 1.92 bits per heavy atom. The minimum absolute atomic E-state index is 0.371. The van der Waals surface area contributed by atoms with E-state index < -0.39 is 0 Å². The van der Waals surface area contributed by atoms with Gasteiger partial charge >= 0.3 is 0 Å². The Kier molecular flexibility index (Phi) is 7.48. The summed E-state index contributed by atoms with van der Waals surface area (Å²) in [4.78, 5) is 0.753. The average molecular weight is 330 g/mol. The van der Waals surface area contributed by atoms with E-state index in [-0.39, 0.29) is 0 Å². The molecule has 0 N–H and O–H groups in total. The first-order valence-electron chi connectivity index (χ1n) is 4.15. The number of alkyl halides is 3. The van der Waals surface area contributed by atoms with Gasteiger partial charge in [-0.05, 0) is 20.3 Å². The van der Waals surface area contributed by atoms with Crippen LogP contribution in [0.15, 0.2) is 23.8 Å². The topological polar surface area (TPSA) is 0 Å². The van der Waals surface area contributed by atoms with Crippen LogP contribution in [0.25, 0.3) is 0 Å². The van der Waals surface area contributed by atoms with E-state index in [9.17, 15) is 0 Å². The van der Waals surface area contributed by atoms with Crippen LogP contribution in [0, 0.1) is 0 Å². The molecule has 0 aliphatic carbocycles. The molecule has 2 atom stereocenters. The van der Waals surface area contributed by atoms with Crippen LogP contribution in [-0.4, -0.2) is 15.5 Å². The summed E-state index contributed by atoms with van der Waals surface area (Å²) in [6.45, 7) is 8.01. The van der Waals surface area contributed by atoms with Gasteiger partial charge in [-0.3, -0.25) is 0 Å². The first kappa shape index (κ1) is 13.7. The van der Waals surface area contributed by atoms with Crippen LogP contribution < -0.4 is 0 Å². The Morgan fingerprint density at radius 1 is 1.38 bits per heavy atom. The highest BCUT2D eigenvalue weighted by molar-refractivity contribution is 9.10. The molecule has 0 aromatic heterocycles. The molecule has 0 rings (SSSR count). The summed E-state index contributed by atoms with van der Waals surface area (Å²) in [6.07, 6.45) is 3.04. The van der Waals surface area contributed by atoms with E-state index in [1.165, 1.54) is 5.57 Å². The van der Waals surface area contributed by atoms with Gasteiger partial charge in [-0.25, -0.2) is 0 Å². The lowest BCUT2D eigenvalue weighted by atomic mass is 10.1. The summed E-state index contributed by atoms with van der Waals surface area (Å²) in [5.41, 5.74) is 2.43. The largest absolute Gasteiger partial charge is 0.122 e. The third-order valence-electron chi connectivity index (χ3n) is 1.84. The summed E-state index contributed by atoms with van der Waals surface area (Å²) in [5.74, 6) is 0.577. The Hall–Kier alpha value is 0.730. The quantitative estimate of drug-likeness (QED) is 0.508. The van der Waals surface area contributed by atoms with Crippen LogP contribution in [0.1, 0.15) is 20.3 Å². The van der Waals surface area contributed by atoms with Gasteiger partial charge in [0.05, 0.1) is 0 Å². The SMILES string of the molecule is C=C(C)C(Br)CC(Br)/C(C)=C/CCl.